The lowest BCUT2D eigenvalue weighted by Crippen LogP contribution is -2.30. The lowest BCUT2D eigenvalue weighted by molar-refractivity contribution is -0.123. The molecule has 25 heavy (non-hydrogen) atoms. The van der Waals surface area contributed by atoms with Crippen LogP contribution in [0.3, 0.4) is 0 Å². The second-order valence-electron chi connectivity index (χ2n) is 5.57. The highest BCUT2D eigenvalue weighted by atomic mass is 35.5. The van der Waals surface area contributed by atoms with Crippen LogP contribution in [0.1, 0.15) is 22.2 Å². The van der Waals surface area contributed by atoms with Gasteiger partial charge in [-0.3, -0.25) is 4.79 Å². The van der Waals surface area contributed by atoms with Gasteiger partial charge in [0.25, 0.3) is 5.91 Å². The molecule has 128 valence electrons. The van der Waals surface area contributed by atoms with Gasteiger partial charge in [0.2, 0.25) is 0 Å². The summed E-state index contributed by atoms with van der Waals surface area (Å²) >= 11 is 7.38. The second kappa shape index (κ2) is 7.25. The van der Waals surface area contributed by atoms with Gasteiger partial charge in [-0.2, -0.15) is 0 Å². The zero-order chi connectivity index (χ0) is 18.0. The summed E-state index contributed by atoms with van der Waals surface area (Å²) in [5.74, 6) is -0.930. The highest BCUT2D eigenvalue weighted by Gasteiger charge is 2.23. The molecule has 1 amide bonds. The number of ether oxygens (including phenoxy) is 1. The van der Waals surface area contributed by atoms with Crippen molar-refractivity contribution in [1.82, 2.24) is 0 Å². The first-order valence-electron chi connectivity index (χ1n) is 7.72. The molecule has 0 aliphatic rings. The van der Waals surface area contributed by atoms with E-state index in [1.165, 1.54) is 18.3 Å². The van der Waals surface area contributed by atoms with Crippen molar-refractivity contribution in [2.75, 3.05) is 5.32 Å². The van der Waals surface area contributed by atoms with Crippen molar-refractivity contribution in [3.63, 3.8) is 0 Å². The van der Waals surface area contributed by atoms with E-state index in [0.717, 1.165) is 15.6 Å². The van der Waals surface area contributed by atoms with E-state index in [9.17, 15) is 9.59 Å². The number of hydrogen-bond donors (Lipinski definition) is 1. The van der Waals surface area contributed by atoms with Gasteiger partial charge in [0.15, 0.2) is 6.10 Å². The second-order valence-corrected chi connectivity index (χ2v) is 7.03. The van der Waals surface area contributed by atoms with Gasteiger partial charge in [-0.1, -0.05) is 41.9 Å². The minimum atomic E-state index is -0.937. The van der Waals surface area contributed by atoms with Gasteiger partial charge >= 0.3 is 5.97 Å². The van der Waals surface area contributed by atoms with Crippen LogP contribution in [0.5, 0.6) is 0 Å². The number of para-hydroxylation sites is 1. The molecule has 3 aromatic rings. The summed E-state index contributed by atoms with van der Waals surface area (Å²) in [7, 11) is 0. The van der Waals surface area contributed by atoms with Gasteiger partial charge in [-0.15, -0.1) is 11.3 Å². The van der Waals surface area contributed by atoms with Gasteiger partial charge < -0.3 is 10.1 Å². The van der Waals surface area contributed by atoms with Crippen molar-refractivity contribution < 1.29 is 14.3 Å². The predicted octanol–water partition coefficient (Wildman–Crippen LogP) is 5.05. The number of fused-ring (bicyclic) bond motifs is 1. The van der Waals surface area contributed by atoms with Crippen LogP contribution in [0.25, 0.3) is 10.1 Å². The van der Waals surface area contributed by atoms with E-state index < -0.39 is 18.0 Å². The van der Waals surface area contributed by atoms with Crippen LogP contribution in [0.4, 0.5) is 5.69 Å². The van der Waals surface area contributed by atoms with E-state index in [0.29, 0.717) is 15.6 Å². The number of esters is 1. The first-order valence-corrected chi connectivity index (χ1v) is 8.91. The third-order valence-corrected chi connectivity index (χ3v) is 5.40. The molecule has 4 nitrogen and oxygen atoms in total. The zero-order valence-corrected chi connectivity index (χ0v) is 15.3. The summed E-state index contributed by atoms with van der Waals surface area (Å²) in [5.41, 5.74) is 1.35. The quantitative estimate of drug-likeness (QED) is 0.651. The average Bonchev–Trinajstić information content (AvgIpc) is 2.94. The molecule has 1 N–H and O–H groups in total. The Morgan fingerprint density at radius 3 is 2.52 bits per heavy atom. The summed E-state index contributed by atoms with van der Waals surface area (Å²) in [5, 5.41) is 4.11. The smallest absolute Gasteiger partial charge is 0.349 e. The normalized spacial score (nSPS) is 12.0. The van der Waals surface area contributed by atoms with Crippen molar-refractivity contribution in [3.8, 4) is 0 Å². The van der Waals surface area contributed by atoms with E-state index in [1.807, 2.05) is 31.2 Å². The summed E-state index contributed by atoms with van der Waals surface area (Å²) in [6.45, 7) is 3.41. The molecule has 6 heteroatoms. The molecule has 0 saturated heterocycles. The van der Waals surface area contributed by atoms with E-state index >= 15 is 0 Å². The summed E-state index contributed by atoms with van der Waals surface area (Å²) in [4.78, 5) is 25.2. The maximum atomic E-state index is 12.5. The molecule has 0 spiro atoms. The number of nitrogens with one attached hydrogen (secondary N) is 1. The van der Waals surface area contributed by atoms with Crippen LogP contribution in [-0.4, -0.2) is 18.0 Å². The van der Waals surface area contributed by atoms with Gasteiger partial charge in [-0.05, 0) is 43.0 Å². The summed E-state index contributed by atoms with van der Waals surface area (Å²) in [6.07, 6.45) is -0.937. The molecule has 1 atom stereocenters. The molecule has 3 rings (SSSR count). The molecule has 0 aliphatic carbocycles. The number of carbonyl (C=O) groups excluding carboxylic acids is 2. The number of amides is 1. The fraction of sp³-hybridized carbons (Fsp3) is 0.158. The highest BCUT2D eigenvalue weighted by molar-refractivity contribution is 7.21. The van der Waals surface area contributed by atoms with Crippen LogP contribution in [-0.2, 0) is 9.53 Å². The summed E-state index contributed by atoms with van der Waals surface area (Å²) in [6, 6.07) is 14.7. The van der Waals surface area contributed by atoms with Crippen LogP contribution < -0.4 is 5.32 Å². The van der Waals surface area contributed by atoms with E-state index in [1.54, 1.807) is 24.3 Å². The van der Waals surface area contributed by atoms with E-state index in [-0.39, 0.29) is 0 Å². The molecular weight excluding hydrogens is 358 g/mol. The molecule has 0 fully saturated rings. The largest absolute Gasteiger partial charge is 0.448 e. The van der Waals surface area contributed by atoms with Crippen LogP contribution in [0.15, 0.2) is 48.5 Å². The zero-order valence-electron chi connectivity index (χ0n) is 13.7. The maximum Gasteiger partial charge on any atom is 0.349 e. The summed E-state index contributed by atoms with van der Waals surface area (Å²) < 4.78 is 6.35. The van der Waals surface area contributed by atoms with Crippen LogP contribution in [0, 0.1) is 6.92 Å². The molecule has 1 heterocycles. The fourth-order valence-corrected chi connectivity index (χ4v) is 3.71. The van der Waals surface area contributed by atoms with Crippen molar-refractivity contribution in [2.24, 2.45) is 0 Å². The molecular formula is C19H16ClNO3S. The first-order chi connectivity index (χ1) is 12.0. The Morgan fingerprint density at radius 1 is 1.12 bits per heavy atom. The number of aryl methyl sites for hydroxylation is 1. The van der Waals surface area contributed by atoms with Crippen LogP contribution in [0.2, 0.25) is 5.02 Å². The average molecular weight is 374 g/mol. The van der Waals surface area contributed by atoms with Crippen LogP contribution >= 0.6 is 22.9 Å². The number of carbonyl (C=O) groups is 2. The predicted molar refractivity (Wildman–Crippen MR) is 102 cm³/mol. The lowest BCUT2D eigenvalue weighted by Gasteiger charge is -2.14. The van der Waals surface area contributed by atoms with Gasteiger partial charge in [0.1, 0.15) is 4.88 Å². The lowest BCUT2D eigenvalue weighted by atomic mass is 10.1. The molecule has 1 aromatic heterocycles. The molecule has 0 radical (unpaired) electrons. The highest BCUT2D eigenvalue weighted by Crippen LogP contribution is 2.31. The van der Waals surface area contributed by atoms with Gasteiger partial charge in [-0.25, -0.2) is 4.79 Å². The Balaban J connectivity index is 1.72. The number of halogens is 1. The maximum absolute atomic E-state index is 12.5. The molecule has 0 aliphatic heterocycles. The molecule has 0 saturated carbocycles. The Morgan fingerprint density at radius 2 is 1.80 bits per heavy atom. The van der Waals surface area contributed by atoms with E-state index in [2.05, 4.69) is 5.32 Å². The third kappa shape index (κ3) is 3.67. The number of benzene rings is 2. The monoisotopic (exact) mass is 373 g/mol. The van der Waals surface area contributed by atoms with E-state index in [4.69, 9.17) is 16.3 Å². The standard InChI is InChI=1S/C19H16ClNO3S/c1-11-13-7-3-6-10-16(13)25-17(11)19(23)24-12(2)18(22)21-15-9-5-4-8-14(15)20/h3-10,12H,1-2H3,(H,21,22)/t12-/m0/s1. The van der Waals surface area contributed by atoms with Crippen molar-refractivity contribution in [3.05, 3.63) is 64.0 Å². The molecule has 2 aromatic carbocycles. The molecule has 0 unspecified atom stereocenters. The Kier molecular flexibility index (Phi) is 5.06. The van der Waals surface area contributed by atoms with Crippen molar-refractivity contribution in [1.29, 1.82) is 0 Å². The Hall–Kier alpha value is -2.37. The van der Waals surface area contributed by atoms with Gasteiger partial charge in [0, 0.05) is 4.70 Å². The Bertz CT molecular complexity index is 951. The first kappa shape index (κ1) is 17.5. The van der Waals surface area contributed by atoms with Gasteiger partial charge in [0.05, 0.1) is 10.7 Å². The Labute approximate surface area is 154 Å². The molecule has 0 bridgehead atoms. The SMILES string of the molecule is Cc1c(C(=O)O[C@@H](C)C(=O)Nc2ccccc2Cl)sc2ccccc12. The number of rotatable bonds is 4. The topological polar surface area (TPSA) is 55.4 Å². The number of anilines is 1. The number of thiophene rings is 1. The van der Waals surface area contributed by atoms with Crippen molar-refractivity contribution >= 4 is 50.6 Å². The minimum Gasteiger partial charge on any atom is -0.448 e. The minimum absolute atomic E-state index is 0.426. The third-order valence-electron chi connectivity index (χ3n) is 3.81. The van der Waals surface area contributed by atoms with Crippen molar-refractivity contribution in [2.45, 2.75) is 20.0 Å². The fourth-order valence-electron chi connectivity index (χ4n) is 2.43. The number of hydrogen-bond acceptors (Lipinski definition) is 4.